The number of carbonyl (C=O) groups excluding carboxylic acids is 1. The van der Waals surface area contributed by atoms with Crippen LogP contribution in [-0.2, 0) is 11.2 Å². The fraction of sp³-hybridized carbons (Fsp3) is 0.235. The average Bonchev–Trinajstić information content (AvgIpc) is 2.90. The Morgan fingerprint density at radius 2 is 1.90 bits per heavy atom. The zero-order valence-corrected chi connectivity index (χ0v) is 12.0. The van der Waals surface area contributed by atoms with Gasteiger partial charge in [0.2, 0.25) is 5.91 Å². The number of anilines is 1. The van der Waals surface area contributed by atoms with E-state index in [0.29, 0.717) is 6.42 Å². The lowest BCUT2D eigenvalue weighted by Gasteiger charge is -2.21. The molecule has 0 aliphatic carbocycles. The van der Waals surface area contributed by atoms with Crippen LogP contribution in [0.5, 0.6) is 5.75 Å². The number of hydrogen-bond acceptors (Lipinski definition) is 3. The number of nitrogens with one attached hydrogen (secondary N) is 1. The summed E-state index contributed by atoms with van der Waals surface area (Å²) in [5, 5.41) is 1.73. The normalized spacial score (nSPS) is 16.0. The minimum absolute atomic E-state index is 0.0424. The van der Waals surface area contributed by atoms with Crippen molar-refractivity contribution < 1.29 is 9.53 Å². The lowest BCUT2D eigenvalue weighted by atomic mass is 10.1. The Kier molecular flexibility index (Phi) is 3.77. The lowest BCUT2D eigenvalue weighted by molar-refractivity contribution is -0.122. The second kappa shape index (κ2) is 5.87. The van der Waals surface area contributed by atoms with Crippen molar-refractivity contribution in [3.05, 3.63) is 60.2 Å². The Hall–Kier alpha value is -2.49. The van der Waals surface area contributed by atoms with E-state index in [-0.39, 0.29) is 12.0 Å². The first kappa shape index (κ1) is 13.5. The predicted molar refractivity (Wildman–Crippen MR) is 82.2 cm³/mol. The van der Waals surface area contributed by atoms with Crippen LogP contribution in [0.2, 0.25) is 0 Å². The summed E-state index contributed by atoms with van der Waals surface area (Å²) in [5.74, 6) is 0.853. The molecule has 4 nitrogen and oxygen atoms in total. The summed E-state index contributed by atoms with van der Waals surface area (Å²) >= 11 is 0. The van der Waals surface area contributed by atoms with Crippen molar-refractivity contribution in [1.82, 2.24) is 5.43 Å². The molecule has 1 atom stereocenters. The predicted octanol–water partition coefficient (Wildman–Crippen LogP) is 2.55. The van der Waals surface area contributed by atoms with Gasteiger partial charge in [-0.25, -0.2) is 0 Å². The van der Waals surface area contributed by atoms with Crippen LogP contribution >= 0.6 is 0 Å². The van der Waals surface area contributed by atoms with Crippen LogP contribution in [0.25, 0.3) is 0 Å². The number of ether oxygens (including phenoxy) is 1. The van der Waals surface area contributed by atoms with Crippen LogP contribution in [-0.4, -0.2) is 19.1 Å². The zero-order chi connectivity index (χ0) is 14.7. The molecule has 3 rings (SSSR count). The van der Waals surface area contributed by atoms with E-state index >= 15 is 0 Å². The number of nitrogens with zero attached hydrogens (tertiary/aromatic N) is 1. The van der Waals surface area contributed by atoms with Gasteiger partial charge in [-0.1, -0.05) is 36.4 Å². The van der Waals surface area contributed by atoms with Crippen LogP contribution in [0, 0.1) is 0 Å². The van der Waals surface area contributed by atoms with Crippen molar-refractivity contribution in [3.63, 3.8) is 0 Å². The van der Waals surface area contributed by atoms with Crippen LogP contribution in [0.4, 0.5) is 5.69 Å². The minimum atomic E-state index is -0.0772. The van der Waals surface area contributed by atoms with Crippen molar-refractivity contribution in [2.45, 2.75) is 18.9 Å². The van der Waals surface area contributed by atoms with Crippen LogP contribution in [0.15, 0.2) is 54.6 Å². The highest BCUT2D eigenvalue weighted by molar-refractivity contribution is 5.78. The van der Waals surface area contributed by atoms with E-state index in [0.717, 1.165) is 17.9 Å². The number of para-hydroxylation sites is 2. The standard InChI is InChI=1S/C17H18N2O2/c1-19(14-8-3-2-4-9-14)18-17(20)12-15-11-13-7-5-6-10-16(13)21-15/h2-10,15H,11-12H2,1H3,(H,18,20). The largest absolute Gasteiger partial charge is 0.489 e. The number of fused-ring (bicyclic) bond motifs is 1. The smallest absolute Gasteiger partial charge is 0.242 e. The molecule has 2 aromatic carbocycles. The Morgan fingerprint density at radius 3 is 2.67 bits per heavy atom. The molecule has 0 fully saturated rings. The van der Waals surface area contributed by atoms with Gasteiger partial charge < -0.3 is 4.74 Å². The number of carbonyl (C=O) groups is 1. The molecule has 4 heteroatoms. The maximum atomic E-state index is 12.1. The number of amides is 1. The molecule has 1 aliphatic heterocycles. The van der Waals surface area contributed by atoms with E-state index in [4.69, 9.17) is 4.74 Å². The van der Waals surface area contributed by atoms with Gasteiger partial charge in [0.05, 0.1) is 12.1 Å². The zero-order valence-electron chi connectivity index (χ0n) is 12.0. The number of hydrazine groups is 1. The summed E-state index contributed by atoms with van der Waals surface area (Å²) in [5.41, 5.74) is 4.98. The van der Waals surface area contributed by atoms with Gasteiger partial charge in [0.15, 0.2) is 0 Å². The second-order valence-corrected chi connectivity index (χ2v) is 5.19. The fourth-order valence-electron chi connectivity index (χ4n) is 2.52. The third-order valence-corrected chi connectivity index (χ3v) is 3.56. The molecule has 108 valence electrons. The van der Waals surface area contributed by atoms with Crippen LogP contribution in [0.1, 0.15) is 12.0 Å². The third kappa shape index (κ3) is 3.16. The molecule has 2 aromatic rings. The van der Waals surface area contributed by atoms with Crippen molar-refractivity contribution in [2.24, 2.45) is 0 Å². The van der Waals surface area contributed by atoms with E-state index < -0.39 is 0 Å². The molecule has 21 heavy (non-hydrogen) atoms. The first-order valence-corrected chi connectivity index (χ1v) is 7.05. The molecule has 0 radical (unpaired) electrons. The highest BCUT2D eigenvalue weighted by atomic mass is 16.5. The summed E-state index contributed by atoms with van der Waals surface area (Å²) in [6.07, 6.45) is 1.07. The number of rotatable bonds is 4. The summed E-state index contributed by atoms with van der Waals surface area (Å²) in [6.45, 7) is 0. The monoisotopic (exact) mass is 282 g/mol. The van der Waals surface area contributed by atoms with Crippen LogP contribution in [0.3, 0.4) is 0 Å². The van der Waals surface area contributed by atoms with Gasteiger partial charge in [0, 0.05) is 13.5 Å². The molecule has 1 amide bonds. The van der Waals surface area contributed by atoms with Crippen molar-refractivity contribution in [3.8, 4) is 5.75 Å². The molecule has 1 N–H and O–H groups in total. The topological polar surface area (TPSA) is 41.6 Å². The molecule has 0 saturated heterocycles. The van der Waals surface area contributed by atoms with Gasteiger partial charge in [0.1, 0.15) is 11.9 Å². The highest BCUT2D eigenvalue weighted by Gasteiger charge is 2.24. The van der Waals surface area contributed by atoms with Gasteiger partial charge in [-0.15, -0.1) is 0 Å². The van der Waals surface area contributed by atoms with Crippen molar-refractivity contribution >= 4 is 11.6 Å². The Labute approximate surface area is 124 Å². The average molecular weight is 282 g/mol. The van der Waals surface area contributed by atoms with Gasteiger partial charge in [0.25, 0.3) is 0 Å². The minimum Gasteiger partial charge on any atom is -0.489 e. The maximum absolute atomic E-state index is 12.1. The van der Waals surface area contributed by atoms with Crippen molar-refractivity contribution in [1.29, 1.82) is 0 Å². The number of benzene rings is 2. The summed E-state index contributed by atoms with van der Waals surface area (Å²) in [7, 11) is 1.83. The SMILES string of the molecule is CN(NC(=O)CC1Cc2ccccc2O1)c1ccccc1. The first-order chi connectivity index (χ1) is 10.2. The highest BCUT2D eigenvalue weighted by Crippen LogP contribution is 2.29. The number of hydrogen-bond donors (Lipinski definition) is 1. The Balaban J connectivity index is 1.54. The van der Waals surface area contributed by atoms with E-state index in [9.17, 15) is 4.79 Å². The molecule has 0 aromatic heterocycles. The molecule has 0 spiro atoms. The third-order valence-electron chi connectivity index (χ3n) is 3.56. The van der Waals surface area contributed by atoms with Gasteiger partial charge in [-0.3, -0.25) is 15.2 Å². The molecule has 0 saturated carbocycles. The quantitative estimate of drug-likeness (QED) is 0.876. The lowest BCUT2D eigenvalue weighted by Crippen LogP contribution is -2.41. The molecule has 1 unspecified atom stereocenters. The molecule has 1 heterocycles. The van der Waals surface area contributed by atoms with Crippen molar-refractivity contribution in [2.75, 3.05) is 12.1 Å². The second-order valence-electron chi connectivity index (χ2n) is 5.19. The molecule has 1 aliphatic rings. The maximum Gasteiger partial charge on any atom is 0.242 e. The van der Waals surface area contributed by atoms with E-state index in [1.54, 1.807) is 5.01 Å². The first-order valence-electron chi connectivity index (χ1n) is 7.05. The summed E-state index contributed by atoms with van der Waals surface area (Å²) in [6, 6.07) is 17.7. The van der Waals surface area contributed by atoms with Gasteiger partial charge in [-0.2, -0.15) is 0 Å². The van der Waals surface area contributed by atoms with E-state index in [2.05, 4.69) is 5.43 Å². The molecule has 0 bridgehead atoms. The fourth-order valence-corrected chi connectivity index (χ4v) is 2.52. The Bertz CT molecular complexity index is 603. The Morgan fingerprint density at radius 1 is 1.19 bits per heavy atom. The molecular formula is C17H18N2O2. The summed E-state index contributed by atoms with van der Waals surface area (Å²) in [4.78, 5) is 12.1. The summed E-state index contributed by atoms with van der Waals surface area (Å²) < 4.78 is 5.79. The van der Waals surface area contributed by atoms with Crippen LogP contribution < -0.4 is 15.2 Å². The van der Waals surface area contributed by atoms with E-state index in [1.807, 2.05) is 61.6 Å². The van der Waals surface area contributed by atoms with Gasteiger partial charge in [-0.05, 0) is 23.8 Å². The molecular weight excluding hydrogens is 264 g/mol. The van der Waals surface area contributed by atoms with E-state index in [1.165, 1.54) is 5.56 Å². The van der Waals surface area contributed by atoms with Gasteiger partial charge >= 0.3 is 0 Å².